The lowest BCUT2D eigenvalue weighted by atomic mass is 10.8. The zero-order valence-electron chi connectivity index (χ0n) is 4.46. The third kappa shape index (κ3) is 1.92. The van der Waals surface area contributed by atoms with Gasteiger partial charge in [0.2, 0.25) is 0 Å². The number of nitrogens with zero attached hydrogens (tertiary/aromatic N) is 3. The number of hydrogen-bond acceptors (Lipinski definition) is 3. The van der Waals surface area contributed by atoms with Crippen LogP contribution in [0.15, 0.2) is 10.2 Å². The first-order valence-electron chi connectivity index (χ1n) is 2.06. The van der Waals surface area contributed by atoms with Crippen molar-refractivity contribution in [1.82, 2.24) is 5.12 Å². The van der Waals surface area contributed by atoms with Gasteiger partial charge in [0.05, 0.1) is 6.54 Å². The van der Waals surface area contributed by atoms with Crippen molar-refractivity contribution in [1.29, 1.82) is 0 Å². The Hall–Kier alpha value is -0.860. The van der Waals surface area contributed by atoms with Gasteiger partial charge in [-0.2, -0.15) is 15.3 Å². The van der Waals surface area contributed by atoms with Crippen molar-refractivity contribution in [2.24, 2.45) is 10.2 Å². The van der Waals surface area contributed by atoms with Crippen LogP contribution in [0.25, 0.3) is 0 Å². The van der Waals surface area contributed by atoms with E-state index in [0.717, 1.165) is 6.54 Å². The standard InChI is InChI=1S/C4H9N3/c1-4-7(5-2)6-3/h2-4H2,1H3. The fraction of sp³-hybridized carbons (Fsp3) is 0.500. The fourth-order valence-electron chi connectivity index (χ4n) is 0.245. The second-order valence-electron chi connectivity index (χ2n) is 0.971. The maximum absolute atomic E-state index is 3.48. The number of hydrazone groups is 2. The first-order chi connectivity index (χ1) is 3.35. The van der Waals surface area contributed by atoms with Gasteiger partial charge >= 0.3 is 0 Å². The minimum atomic E-state index is 0.729. The maximum Gasteiger partial charge on any atom is 0.0578 e. The lowest BCUT2D eigenvalue weighted by molar-refractivity contribution is 0.328. The van der Waals surface area contributed by atoms with Crippen LogP contribution in [0.1, 0.15) is 6.92 Å². The third-order valence-corrected chi connectivity index (χ3v) is 0.609. The molecule has 0 N–H and O–H groups in total. The molecule has 0 aromatic heterocycles. The molecule has 0 unspecified atom stereocenters. The van der Waals surface area contributed by atoms with E-state index in [1.54, 1.807) is 0 Å². The highest BCUT2D eigenvalue weighted by molar-refractivity contribution is 5.24. The first kappa shape index (κ1) is 6.14. The van der Waals surface area contributed by atoms with E-state index in [0.29, 0.717) is 0 Å². The lowest BCUT2D eigenvalue weighted by Crippen LogP contribution is -2.05. The topological polar surface area (TPSA) is 28.0 Å². The van der Waals surface area contributed by atoms with E-state index in [1.807, 2.05) is 6.92 Å². The van der Waals surface area contributed by atoms with Crippen LogP contribution in [0.2, 0.25) is 0 Å². The molecule has 3 nitrogen and oxygen atoms in total. The minimum Gasteiger partial charge on any atom is -0.187 e. The van der Waals surface area contributed by atoms with Crippen molar-refractivity contribution in [3.05, 3.63) is 0 Å². The summed E-state index contributed by atoms with van der Waals surface area (Å²) >= 11 is 0. The van der Waals surface area contributed by atoms with Crippen molar-refractivity contribution >= 4 is 13.4 Å². The average Bonchev–Trinajstić information content (AvgIpc) is 1.72. The van der Waals surface area contributed by atoms with Crippen LogP contribution < -0.4 is 0 Å². The summed E-state index contributed by atoms with van der Waals surface area (Å²) in [5, 5.41) is 8.36. The van der Waals surface area contributed by atoms with Crippen LogP contribution >= 0.6 is 0 Å². The lowest BCUT2D eigenvalue weighted by Gasteiger charge is -2.04. The van der Waals surface area contributed by atoms with E-state index in [4.69, 9.17) is 0 Å². The highest BCUT2D eigenvalue weighted by atomic mass is 15.6. The molecule has 0 aromatic rings. The molecule has 0 atom stereocenters. The van der Waals surface area contributed by atoms with E-state index in [1.165, 1.54) is 5.12 Å². The molecule has 0 aliphatic heterocycles. The average molecular weight is 99.1 g/mol. The summed E-state index contributed by atoms with van der Waals surface area (Å²) in [5.41, 5.74) is 0. The van der Waals surface area contributed by atoms with Gasteiger partial charge in [0, 0.05) is 13.4 Å². The Morgan fingerprint density at radius 1 is 1.43 bits per heavy atom. The van der Waals surface area contributed by atoms with Crippen LogP contribution in [-0.4, -0.2) is 25.1 Å². The molecule has 0 radical (unpaired) electrons. The van der Waals surface area contributed by atoms with Crippen molar-refractivity contribution < 1.29 is 0 Å². The zero-order chi connectivity index (χ0) is 5.70. The normalized spacial score (nSPS) is 7.57. The molecule has 0 aromatic carbocycles. The van der Waals surface area contributed by atoms with Crippen molar-refractivity contribution in [3.8, 4) is 0 Å². The second-order valence-corrected chi connectivity index (χ2v) is 0.971. The van der Waals surface area contributed by atoms with Crippen LogP contribution in [0.3, 0.4) is 0 Å². The van der Waals surface area contributed by atoms with Gasteiger partial charge in [0.25, 0.3) is 0 Å². The Morgan fingerprint density at radius 3 is 1.86 bits per heavy atom. The van der Waals surface area contributed by atoms with Gasteiger partial charge < -0.3 is 0 Å². The predicted octanol–water partition coefficient (Wildman–Crippen LogP) is 0.539. The summed E-state index contributed by atoms with van der Waals surface area (Å²) in [6.45, 7) is 9.14. The maximum atomic E-state index is 3.48. The molecule has 40 valence electrons. The molecule has 0 rings (SSSR count). The molecule has 0 spiro atoms. The summed E-state index contributed by atoms with van der Waals surface area (Å²) in [4.78, 5) is 0. The van der Waals surface area contributed by atoms with Crippen molar-refractivity contribution in [3.63, 3.8) is 0 Å². The van der Waals surface area contributed by atoms with Gasteiger partial charge in [0.1, 0.15) is 0 Å². The van der Waals surface area contributed by atoms with E-state index in [9.17, 15) is 0 Å². The summed E-state index contributed by atoms with van der Waals surface area (Å²) in [7, 11) is 0. The van der Waals surface area contributed by atoms with E-state index < -0.39 is 0 Å². The Morgan fingerprint density at radius 2 is 1.86 bits per heavy atom. The second kappa shape index (κ2) is 3.33. The number of rotatable bonds is 3. The van der Waals surface area contributed by atoms with E-state index >= 15 is 0 Å². The molecular formula is C4H9N3. The Labute approximate surface area is 43.3 Å². The molecule has 0 saturated heterocycles. The van der Waals surface area contributed by atoms with Crippen LogP contribution in [0.4, 0.5) is 0 Å². The van der Waals surface area contributed by atoms with Crippen LogP contribution in [-0.2, 0) is 0 Å². The number of hydrogen-bond donors (Lipinski definition) is 0. The monoisotopic (exact) mass is 99.1 g/mol. The first-order valence-corrected chi connectivity index (χ1v) is 2.06. The van der Waals surface area contributed by atoms with Gasteiger partial charge in [0.15, 0.2) is 0 Å². The highest BCUT2D eigenvalue weighted by Gasteiger charge is 1.81. The molecule has 7 heavy (non-hydrogen) atoms. The van der Waals surface area contributed by atoms with Gasteiger partial charge in [-0.15, -0.1) is 0 Å². The van der Waals surface area contributed by atoms with Gasteiger partial charge in [-0.05, 0) is 6.92 Å². The van der Waals surface area contributed by atoms with Gasteiger partial charge in [-0.3, -0.25) is 0 Å². The third-order valence-electron chi connectivity index (χ3n) is 0.609. The molecule has 0 aliphatic carbocycles. The highest BCUT2D eigenvalue weighted by Crippen LogP contribution is 1.82. The zero-order valence-corrected chi connectivity index (χ0v) is 4.46. The fourth-order valence-corrected chi connectivity index (χ4v) is 0.245. The van der Waals surface area contributed by atoms with E-state index in [2.05, 4.69) is 23.6 Å². The molecule has 0 saturated carbocycles. The SMILES string of the molecule is C=NN(CC)N=C. The molecule has 0 aliphatic rings. The summed E-state index contributed by atoms with van der Waals surface area (Å²) < 4.78 is 0. The smallest absolute Gasteiger partial charge is 0.0578 e. The summed E-state index contributed by atoms with van der Waals surface area (Å²) in [6, 6.07) is 0. The predicted molar refractivity (Wildman–Crippen MR) is 31.5 cm³/mol. The molecule has 0 heterocycles. The van der Waals surface area contributed by atoms with Crippen LogP contribution in [0.5, 0.6) is 0 Å². The molecule has 3 heteroatoms. The van der Waals surface area contributed by atoms with Gasteiger partial charge in [-0.25, -0.2) is 0 Å². The van der Waals surface area contributed by atoms with Gasteiger partial charge in [-0.1, -0.05) is 0 Å². The summed E-state index contributed by atoms with van der Waals surface area (Å²) in [6.07, 6.45) is 0. The largest absolute Gasteiger partial charge is 0.187 e. The van der Waals surface area contributed by atoms with Crippen LogP contribution in [0, 0.1) is 0 Å². The Bertz CT molecular complexity index is 61.3. The van der Waals surface area contributed by atoms with Crippen molar-refractivity contribution in [2.45, 2.75) is 6.92 Å². The molecule has 0 fully saturated rings. The Kier molecular flexibility index (Phi) is 2.92. The summed E-state index contributed by atoms with van der Waals surface area (Å²) in [5.74, 6) is 0. The molecule has 0 amide bonds. The molecular weight excluding hydrogens is 90.1 g/mol. The van der Waals surface area contributed by atoms with Crippen molar-refractivity contribution in [2.75, 3.05) is 6.54 Å². The minimum absolute atomic E-state index is 0.729. The van der Waals surface area contributed by atoms with E-state index in [-0.39, 0.29) is 0 Å². The molecule has 0 bridgehead atoms. The Balaban J connectivity index is 3.36. The quantitative estimate of drug-likeness (QED) is 0.375.